The first-order chi connectivity index (χ1) is 16.5. The van der Waals surface area contributed by atoms with Crippen molar-refractivity contribution in [3.63, 3.8) is 0 Å². The number of hydrogen-bond donors (Lipinski definition) is 1. The fourth-order valence-electron chi connectivity index (χ4n) is 3.52. The van der Waals surface area contributed by atoms with Crippen LogP contribution in [0.2, 0.25) is 10.0 Å². The van der Waals surface area contributed by atoms with Gasteiger partial charge in [-0.25, -0.2) is 4.98 Å². The van der Waals surface area contributed by atoms with E-state index in [1.807, 2.05) is 11.0 Å². The molecular weight excluding hydrogens is 501 g/mol. The van der Waals surface area contributed by atoms with E-state index in [9.17, 15) is 9.59 Å². The molecule has 0 radical (unpaired) electrons. The van der Waals surface area contributed by atoms with Gasteiger partial charge in [0.15, 0.2) is 0 Å². The Balaban J connectivity index is 1.39. The quantitative estimate of drug-likeness (QED) is 0.421. The second-order valence-corrected chi connectivity index (χ2v) is 9.45. The number of amides is 2. The van der Waals surface area contributed by atoms with Crippen LogP contribution in [0.1, 0.15) is 39.8 Å². The van der Waals surface area contributed by atoms with E-state index < -0.39 is 0 Å². The Kier molecular flexibility index (Phi) is 11.0. The number of halogens is 2. The van der Waals surface area contributed by atoms with Gasteiger partial charge in [0.1, 0.15) is 12.3 Å². The molecule has 34 heavy (non-hydrogen) atoms. The smallest absolute Gasteiger partial charge is 0.271 e. The molecule has 1 fully saturated rings. The largest absolute Gasteiger partial charge is 0.382 e. The first-order valence-corrected chi connectivity index (χ1v) is 12.7. The molecule has 2 aromatic rings. The van der Waals surface area contributed by atoms with Crippen LogP contribution >= 0.6 is 34.5 Å². The molecule has 1 N–H and O–H groups in total. The molecular formula is C23H29Cl2N3O5S. The number of methoxy groups -OCH3 is 1. The molecule has 8 nitrogen and oxygen atoms in total. The molecule has 1 aromatic carbocycles. The molecule has 2 heterocycles. The second-order valence-electron chi connectivity index (χ2n) is 7.78. The van der Waals surface area contributed by atoms with Gasteiger partial charge in [0.2, 0.25) is 5.91 Å². The van der Waals surface area contributed by atoms with E-state index in [0.717, 1.165) is 23.4 Å². The number of aromatic nitrogens is 1. The predicted molar refractivity (Wildman–Crippen MR) is 132 cm³/mol. The molecule has 1 aliphatic heterocycles. The Morgan fingerprint density at radius 2 is 1.88 bits per heavy atom. The molecule has 186 valence electrons. The number of nitrogens with one attached hydrogen (secondary N) is 1. The summed E-state index contributed by atoms with van der Waals surface area (Å²) in [5.41, 5.74) is 1.13. The van der Waals surface area contributed by atoms with Crippen molar-refractivity contribution in [1.82, 2.24) is 15.2 Å². The van der Waals surface area contributed by atoms with Crippen LogP contribution in [0.15, 0.2) is 23.6 Å². The summed E-state index contributed by atoms with van der Waals surface area (Å²) in [5.74, 6) is -0.0446. The van der Waals surface area contributed by atoms with Crippen LogP contribution < -0.4 is 5.32 Å². The predicted octanol–water partition coefficient (Wildman–Crippen LogP) is 3.77. The van der Waals surface area contributed by atoms with Crippen molar-refractivity contribution in [2.24, 2.45) is 0 Å². The van der Waals surface area contributed by atoms with E-state index in [4.69, 9.17) is 37.4 Å². The van der Waals surface area contributed by atoms with Crippen molar-refractivity contribution in [2.45, 2.75) is 25.3 Å². The van der Waals surface area contributed by atoms with Crippen LogP contribution in [-0.4, -0.2) is 74.9 Å². The van der Waals surface area contributed by atoms with Gasteiger partial charge in [-0.2, -0.15) is 0 Å². The van der Waals surface area contributed by atoms with Gasteiger partial charge in [0.25, 0.3) is 5.91 Å². The SMILES string of the molecule is COCCOCCOCC(=O)N1CCC(c2nc(C(=O)NCc3cccc(Cl)c3Cl)cs2)CC1. The van der Waals surface area contributed by atoms with Gasteiger partial charge in [-0.1, -0.05) is 35.3 Å². The molecule has 0 saturated carbocycles. The maximum Gasteiger partial charge on any atom is 0.271 e. The zero-order valence-corrected chi connectivity index (χ0v) is 21.4. The van der Waals surface area contributed by atoms with Crippen LogP contribution in [0.3, 0.4) is 0 Å². The Morgan fingerprint density at radius 1 is 1.15 bits per heavy atom. The van der Waals surface area contributed by atoms with Gasteiger partial charge in [-0.15, -0.1) is 11.3 Å². The first-order valence-electron chi connectivity index (χ1n) is 11.1. The summed E-state index contributed by atoms with van der Waals surface area (Å²) in [4.78, 5) is 31.2. The number of thiazole rings is 1. The third-order valence-electron chi connectivity index (χ3n) is 5.45. The topological polar surface area (TPSA) is 90.0 Å². The average Bonchev–Trinajstić information content (AvgIpc) is 3.35. The molecule has 11 heteroatoms. The number of rotatable bonds is 12. The maximum atomic E-state index is 12.5. The van der Waals surface area contributed by atoms with Gasteiger partial charge in [0.05, 0.1) is 41.5 Å². The molecule has 2 amide bonds. The summed E-state index contributed by atoms with van der Waals surface area (Å²) in [7, 11) is 1.62. The highest BCUT2D eigenvalue weighted by atomic mass is 35.5. The molecule has 1 aromatic heterocycles. The monoisotopic (exact) mass is 529 g/mol. The third-order valence-corrected chi connectivity index (χ3v) is 7.32. The average molecular weight is 530 g/mol. The number of carbonyl (C=O) groups is 2. The minimum atomic E-state index is -0.255. The minimum Gasteiger partial charge on any atom is -0.382 e. The Morgan fingerprint density at radius 3 is 2.65 bits per heavy atom. The highest BCUT2D eigenvalue weighted by Crippen LogP contribution is 2.30. The van der Waals surface area contributed by atoms with Crippen LogP contribution in [0.5, 0.6) is 0 Å². The number of benzene rings is 1. The molecule has 0 aliphatic carbocycles. The minimum absolute atomic E-state index is 0.0192. The van der Waals surface area contributed by atoms with Gasteiger partial charge < -0.3 is 24.4 Å². The van der Waals surface area contributed by atoms with Crippen molar-refractivity contribution in [2.75, 3.05) is 53.2 Å². The molecule has 0 unspecified atom stereocenters. The summed E-state index contributed by atoms with van der Waals surface area (Å²) in [6.07, 6.45) is 1.61. The highest BCUT2D eigenvalue weighted by Gasteiger charge is 2.26. The van der Waals surface area contributed by atoms with Crippen LogP contribution in [0.25, 0.3) is 0 Å². The zero-order valence-electron chi connectivity index (χ0n) is 19.1. The lowest BCUT2D eigenvalue weighted by atomic mass is 9.97. The van der Waals surface area contributed by atoms with E-state index in [0.29, 0.717) is 55.3 Å². The summed E-state index contributed by atoms with van der Waals surface area (Å²) in [6.45, 7) is 3.47. The fraction of sp³-hybridized carbons (Fsp3) is 0.522. The normalized spacial score (nSPS) is 14.4. The number of piperidine rings is 1. The van der Waals surface area contributed by atoms with Gasteiger partial charge in [-0.3, -0.25) is 9.59 Å². The number of likely N-dealkylation sites (tertiary alicyclic amines) is 1. The van der Waals surface area contributed by atoms with E-state index >= 15 is 0 Å². The van der Waals surface area contributed by atoms with Crippen molar-refractivity contribution in [1.29, 1.82) is 0 Å². The van der Waals surface area contributed by atoms with Gasteiger partial charge in [-0.05, 0) is 24.5 Å². The number of hydrogen-bond acceptors (Lipinski definition) is 7. The fourth-order valence-corrected chi connectivity index (χ4v) is 4.88. The second kappa shape index (κ2) is 14.0. The first kappa shape index (κ1) is 26.8. The molecule has 3 rings (SSSR count). The lowest BCUT2D eigenvalue weighted by molar-refractivity contribution is -0.137. The molecule has 1 aliphatic rings. The van der Waals surface area contributed by atoms with E-state index in [-0.39, 0.29) is 30.9 Å². The zero-order chi connectivity index (χ0) is 24.3. The van der Waals surface area contributed by atoms with Crippen LogP contribution in [0.4, 0.5) is 0 Å². The van der Waals surface area contributed by atoms with E-state index in [1.54, 1.807) is 24.6 Å². The highest BCUT2D eigenvalue weighted by molar-refractivity contribution is 7.09. The molecule has 0 atom stereocenters. The van der Waals surface area contributed by atoms with E-state index in [2.05, 4.69) is 10.3 Å². The summed E-state index contributed by atoms with van der Waals surface area (Å²) >= 11 is 13.7. The lowest BCUT2D eigenvalue weighted by Crippen LogP contribution is -2.40. The standard InChI is InChI=1S/C23H29Cl2N3O5S/c1-31-9-10-32-11-12-33-14-20(29)28-7-5-16(6-8-28)23-27-19(15-34-23)22(30)26-13-17-3-2-4-18(24)21(17)25/h2-4,15-16H,5-14H2,1H3,(H,26,30). The summed E-state index contributed by atoms with van der Waals surface area (Å²) < 4.78 is 15.6. The summed E-state index contributed by atoms with van der Waals surface area (Å²) in [5, 5.41) is 6.41. The molecule has 0 bridgehead atoms. The molecule has 0 spiro atoms. The third kappa shape index (κ3) is 7.90. The van der Waals surface area contributed by atoms with Crippen molar-refractivity contribution in [3.8, 4) is 0 Å². The van der Waals surface area contributed by atoms with Gasteiger partial charge >= 0.3 is 0 Å². The Labute approximate surface area is 213 Å². The van der Waals surface area contributed by atoms with Crippen molar-refractivity contribution in [3.05, 3.63) is 49.9 Å². The maximum absolute atomic E-state index is 12.5. The van der Waals surface area contributed by atoms with Gasteiger partial charge in [0, 0.05) is 38.0 Å². The van der Waals surface area contributed by atoms with Crippen molar-refractivity contribution < 1.29 is 23.8 Å². The van der Waals surface area contributed by atoms with Crippen LogP contribution in [0, 0.1) is 0 Å². The van der Waals surface area contributed by atoms with E-state index in [1.165, 1.54) is 11.3 Å². The van der Waals surface area contributed by atoms with Crippen molar-refractivity contribution >= 4 is 46.4 Å². The number of ether oxygens (including phenoxy) is 3. The van der Waals surface area contributed by atoms with Crippen LogP contribution in [-0.2, 0) is 25.5 Å². The number of nitrogens with zero attached hydrogens (tertiary/aromatic N) is 2. The lowest BCUT2D eigenvalue weighted by Gasteiger charge is -2.31. The summed E-state index contributed by atoms with van der Waals surface area (Å²) in [6, 6.07) is 5.31. The molecule has 1 saturated heterocycles. The Hall–Kier alpha value is -1.75. The number of carbonyl (C=O) groups excluding carboxylic acids is 2. The Bertz CT molecular complexity index is 950.